The summed E-state index contributed by atoms with van der Waals surface area (Å²) in [4.78, 5) is 14.3. The SMILES string of the molecule is CCN=CCCCC(N)C(=O)O. The third-order valence-electron chi connectivity index (χ3n) is 1.48. The quantitative estimate of drug-likeness (QED) is 0.456. The Morgan fingerprint density at radius 1 is 1.75 bits per heavy atom. The first kappa shape index (κ1) is 11.1. The first-order valence-corrected chi connectivity index (χ1v) is 4.15. The van der Waals surface area contributed by atoms with Gasteiger partial charge in [0.1, 0.15) is 6.04 Å². The van der Waals surface area contributed by atoms with Gasteiger partial charge in [0.2, 0.25) is 0 Å². The fourth-order valence-corrected chi connectivity index (χ4v) is 0.773. The van der Waals surface area contributed by atoms with E-state index in [1.54, 1.807) is 0 Å². The molecule has 0 heterocycles. The van der Waals surface area contributed by atoms with Crippen LogP contribution in [0.25, 0.3) is 0 Å². The number of carbonyl (C=O) groups is 1. The molecular formula is C8H16N2O2. The Bertz CT molecular complexity index is 157. The van der Waals surface area contributed by atoms with Crippen LogP contribution in [0.15, 0.2) is 4.99 Å². The molecule has 0 amide bonds. The number of aliphatic carboxylic acids is 1. The Kier molecular flexibility index (Phi) is 6.28. The lowest BCUT2D eigenvalue weighted by molar-refractivity contribution is -0.138. The summed E-state index contributed by atoms with van der Waals surface area (Å²) in [5, 5.41) is 8.43. The highest BCUT2D eigenvalue weighted by atomic mass is 16.4. The van der Waals surface area contributed by atoms with E-state index in [2.05, 4.69) is 4.99 Å². The van der Waals surface area contributed by atoms with Gasteiger partial charge < -0.3 is 10.8 Å². The molecule has 0 saturated heterocycles. The first-order chi connectivity index (χ1) is 5.68. The number of hydrogen-bond donors (Lipinski definition) is 2. The first-order valence-electron chi connectivity index (χ1n) is 4.15. The fraction of sp³-hybridized carbons (Fsp3) is 0.750. The summed E-state index contributed by atoms with van der Waals surface area (Å²) in [6.07, 6.45) is 3.94. The zero-order valence-corrected chi connectivity index (χ0v) is 7.36. The van der Waals surface area contributed by atoms with Crippen molar-refractivity contribution >= 4 is 12.2 Å². The standard InChI is InChI=1S/C8H16N2O2/c1-2-10-6-4-3-5-7(9)8(11)12/h6-7H,2-5,9H2,1H3,(H,11,12). The average Bonchev–Trinajstić information content (AvgIpc) is 2.03. The van der Waals surface area contributed by atoms with Crippen molar-refractivity contribution in [3.05, 3.63) is 0 Å². The van der Waals surface area contributed by atoms with Crippen LogP contribution in [-0.4, -0.2) is 29.9 Å². The van der Waals surface area contributed by atoms with Gasteiger partial charge in [-0.25, -0.2) is 0 Å². The minimum atomic E-state index is -0.928. The van der Waals surface area contributed by atoms with Crippen molar-refractivity contribution in [3.63, 3.8) is 0 Å². The van der Waals surface area contributed by atoms with Gasteiger partial charge in [-0.3, -0.25) is 9.79 Å². The summed E-state index contributed by atoms with van der Waals surface area (Å²) in [6.45, 7) is 2.74. The van der Waals surface area contributed by atoms with E-state index in [9.17, 15) is 4.79 Å². The number of nitrogens with two attached hydrogens (primary N) is 1. The van der Waals surface area contributed by atoms with Crippen LogP contribution >= 0.6 is 0 Å². The molecule has 0 aliphatic carbocycles. The van der Waals surface area contributed by atoms with Gasteiger partial charge in [0, 0.05) is 6.54 Å². The molecule has 4 heteroatoms. The predicted molar refractivity (Wildman–Crippen MR) is 48.5 cm³/mol. The summed E-state index contributed by atoms with van der Waals surface area (Å²) in [6, 6.07) is -0.722. The van der Waals surface area contributed by atoms with Crippen molar-refractivity contribution in [1.82, 2.24) is 0 Å². The third-order valence-corrected chi connectivity index (χ3v) is 1.48. The molecule has 0 aromatic carbocycles. The van der Waals surface area contributed by atoms with Crippen molar-refractivity contribution in [3.8, 4) is 0 Å². The van der Waals surface area contributed by atoms with Gasteiger partial charge in [-0.15, -0.1) is 0 Å². The molecule has 0 aliphatic heterocycles. The Balaban J connectivity index is 3.31. The molecule has 0 aromatic rings. The summed E-state index contributed by atoms with van der Waals surface area (Å²) in [7, 11) is 0. The van der Waals surface area contributed by atoms with Crippen LogP contribution in [0.3, 0.4) is 0 Å². The minimum Gasteiger partial charge on any atom is -0.480 e. The molecule has 0 spiro atoms. The van der Waals surface area contributed by atoms with E-state index >= 15 is 0 Å². The van der Waals surface area contributed by atoms with E-state index in [0.29, 0.717) is 6.42 Å². The zero-order valence-electron chi connectivity index (χ0n) is 7.36. The zero-order chi connectivity index (χ0) is 9.40. The summed E-state index contributed by atoms with van der Waals surface area (Å²) >= 11 is 0. The molecule has 70 valence electrons. The van der Waals surface area contributed by atoms with Crippen LogP contribution in [0, 0.1) is 0 Å². The molecule has 12 heavy (non-hydrogen) atoms. The van der Waals surface area contributed by atoms with Crippen LogP contribution in [-0.2, 0) is 4.79 Å². The Morgan fingerprint density at radius 2 is 2.42 bits per heavy atom. The smallest absolute Gasteiger partial charge is 0.320 e. The highest BCUT2D eigenvalue weighted by Gasteiger charge is 2.09. The van der Waals surface area contributed by atoms with E-state index in [1.165, 1.54) is 0 Å². The van der Waals surface area contributed by atoms with Crippen LogP contribution in [0.4, 0.5) is 0 Å². The van der Waals surface area contributed by atoms with Gasteiger partial charge in [-0.1, -0.05) is 0 Å². The molecule has 0 rings (SSSR count). The van der Waals surface area contributed by atoms with Crippen molar-refractivity contribution in [1.29, 1.82) is 0 Å². The minimum absolute atomic E-state index is 0.519. The van der Waals surface area contributed by atoms with Gasteiger partial charge in [0.15, 0.2) is 0 Å². The lowest BCUT2D eigenvalue weighted by Crippen LogP contribution is -2.29. The number of carboxylic acids is 1. The van der Waals surface area contributed by atoms with E-state index in [1.807, 2.05) is 13.1 Å². The Morgan fingerprint density at radius 3 is 2.92 bits per heavy atom. The van der Waals surface area contributed by atoms with Crippen LogP contribution in [0.2, 0.25) is 0 Å². The molecule has 4 nitrogen and oxygen atoms in total. The number of rotatable bonds is 6. The lowest BCUT2D eigenvalue weighted by Gasteiger charge is -2.02. The number of nitrogens with zero attached hydrogens (tertiary/aromatic N) is 1. The number of carboxylic acid groups (broad SMARTS) is 1. The highest BCUT2D eigenvalue weighted by Crippen LogP contribution is 1.97. The second kappa shape index (κ2) is 6.79. The Hall–Kier alpha value is -0.900. The second-order valence-electron chi connectivity index (χ2n) is 2.56. The summed E-state index contributed by atoms with van der Waals surface area (Å²) in [5.41, 5.74) is 5.29. The Labute approximate surface area is 72.5 Å². The fourth-order valence-electron chi connectivity index (χ4n) is 0.773. The molecule has 0 aromatic heterocycles. The largest absolute Gasteiger partial charge is 0.480 e. The average molecular weight is 172 g/mol. The molecule has 0 radical (unpaired) electrons. The maximum absolute atomic E-state index is 10.3. The van der Waals surface area contributed by atoms with Crippen molar-refractivity contribution in [2.24, 2.45) is 10.7 Å². The van der Waals surface area contributed by atoms with E-state index in [-0.39, 0.29) is 0 Å². The van der Waals surface area contributed by atoms with Gasteiger partial charge in [-0.2, -0.15) is 0 Å². The molecule has 0 bridgehead atoms. The molecular weight excluding hydrogens is 156 g/mol. The molecule has 0 saturated carbocycles. The normalized spacial score (nSPS) is 13.5. The van der Waals surface area contributed by atoms with Gasteiger partial charge in [-0.05, 0) is 32.4 Å². The van der Waals surface area contributed by atoms with E-state index < -0.39 is 12.0 Å². The number of unbranched alkanes of at least 4 members (excludes halogenated alkanes) is 1. The lowest BCUT2D eigenvalue weighted by atomic mass is 10.1. The van der Waals surface area contributed by atoms with Crippen LogP contribution in [0.1, 0.15) is 26.2 Å². The van der Waals surface area contributed by atoms with Crippen LogP contribution in [0.5, 0.6) is 0 Å². The predicted octanol–water partition coefficient (Wildman–Crippen LogP) is 0.659. The molecule has 3 N–H and O–H groups in total. The summed E-state index contributed by atoms with van der Waals surface area (Å²) in [5.74, 6) is -0.928. The monoisotopic (exact) mass is 172 g/mol. The number of hydrogen-bond acceptors (Lipinski definition) is 3. The topological polar surface area (TPSA) is 75.7 Å². The van der Waals surface area contributed by atoms with Gasteiger partial charge in [0.25, 0.3) is 0 Å². The highest BCUT2D eigenvalue weighted by molar-refractivity contribution is 5.73. The van der Waals surface area contributed by atoms with E-state index in [4.69, 9.17) is 10.8 Å². The van der Waals surface area contributed by atoms with Crippen molar-refractivity contribution in [2.75, 3.05) is 6.54 Å². The maximum Gasteiger partial charge on any atom is 0.320 e. The summed E-state index contributed by atoms with van der Waals surface area (Å²) < 4.78 is 0. The van der Waals surface area contributed by atoms with Gasteiger partial charge >= 0.3 is 5.97 Å². The third kappa shape index (κ3) is 5.85. The molecule has 0 aliphatic rings. The molecule has 1 atom stereocenters. The molecule has 1 unspecified atom stereocenters. The van der Waals surface area contributed by atoms with Crippen molar-refractivity contribution in [2.45, 2.75) is 32.2 Å². The number of aliphatic imine (C=N–C) groups is 1. The van der Waals surface area contributed by atoms with Crippen LogP contribution < -0.4 is 5.73 Å². The molecule has 0 fully saturated rings. The second-order valence-corrected chi connectivity index (χ2v) is 2.56. The maximum atomic E-state index is 10.3. The van der Waals surface area contributed by atoms with Crippen molar-refractivity contribution < 1.29 is 9.90 Å². The van der Waals surface area contributed by atoms with Gasteiger partial charge in [0.05, 0.1) is 0 Å². The van der Waals surface area contributed by atoms with E-state index in [0.717, 1.165) is 19.4 Å².